The molecule has 1 aliphatic rings. The van der Waals surface area contributed by atoms with Crippen molar-refractivity contribution < 1.29 is 14.3 Å². The van der Waals surface area contributed by atoms with E-state index in [1.165, 1.54) is 24.4 Å². The summed E-state index contributed by atoms with van der Waals surface area (Å²) in [5.41, 5.74) is 5.90. The number of amides is 1. The van der Waals surface area contributed by atoms with E-state index < -0.39 is 5.97 Å². The van der Waals surface area contributed by atoms with E-state index in [0.717, 1.165) is 19.3 Å². The van der Waals surface area contributed by atoms with Crippen LogP contribution in [0.3, 0.4) is 0 Å². The SMILES string of the molecule is CCOC(=O)c1cnc(SCC(=O)NC2CCCCC2C)nc1N. The molecule has 7 nitrogen and oxygen atoms in total. The summed E-state index contributed by atoms with van der Waals surface area (Å²) in [4.78, 5) is 31.9. The second-order valence-electron chi connectivity index (χ2n) is 5.90. The number of anilines is 1. The molecule has 0 radical (unpaired) electrons. The van der Waals surface area contributed by atoms with Gasteiger partial charge >= 0.3 is 5.97 Å². The molecular formula is C16H24N4O3S. The molecular weight excluding hydrogens is 328 g/mol. The highest BCUT2D eigenvalue weighted by atomic mass is 32.2. The Hall–Kier alpha value is -1.83. The smallest absolute Gasteiger partial charge is 0.343 e. The van der Waals surface area contributed by atoms with Crippen molar-refractivity contribution in [3.05, 3.63) is 11.8 Å². The Labute approximate surface area is 146 Å². The fourth-order valence-electron chi connectivity index (χ4n) is 2.72. The molecule has 2 unspecified atom stereocenters. The van der Waals surface area contributed by atoms with Crippen molar-refractivity contribution in [2.75, 3.05) is 18.1 Å². The second-order valence-corrected chi connectivity index (χ2v) is 6.84. The molecule has 3 N–H and O–H groups in total. The van der Waals surface area contributed by atoms with Crippen molar-refractivity contribution in [2.45, 2.75) is 50.7 Å². The predicted molar refractivity (Wildman–Crippen MR) is 92.7 cm³/mol. The molecule has 1 fully saturated rings. The van der Waals surface area contributed by atoms with Gasteiger partial charge in [-0.3, -0.25) is 4.79 Å². The molecule has 0 spiro atoms. The summed E-state index contributed by atoms with van der Waals surface area (Å²) in [5, 5.41) is 3.45. The summed E-state index contributed by atoms with van der Waals surface area (Å²) in [6.07, 6.45) is 5.94. The van der Waals surface area contributed by atoms with Gasteiger partial charge in [0.15, 0.2) is 5.16 Å². The summed E-state index contributed by atoms with van der Waals surface area (Å²) >= 11 is 1.20. The highest BCUT2D eigenvalue weighted by Crippen LogP contribution is 2.24. The molecule has 8 heteroatoms. The highest BCUT2D eigenvalue weighted by Gasteiger charge is 2.23. The van der Waals surface area contributed by atoms with Gasteiger partial charge in [0.2, 0.25) is 5.91 Å². The van der Waals surface area contributed by atoms with Crippen molar-refractivity contribution in [2.24, 2.45) is 5.92 Å². The van der Waals surface area contributed by atoms with E-state index in [1.54, 1.807) is 6.92 Å². The predicted octanol–water partition coefficient (Wildman–Crippen LogP) is 2.02. The van der Waals surface area contributed by atoms with E-state index in [-0.39, 0.29) is 35.7 Å². The number of nitrogens with one attached hydrogen (secondary N) is 1. The first-order chi connectivity index (χ1) is 11.5. The van der Waals surface area contributed by atoms with Crippen LogP contribution in [0.4, 0.5) is 5.82 Å². The van der Waals surface area contributed by atoms with Gasteiger partial charge in [-0.2, -0.15) is 0 Å². The molecule has 24 heavy (non-hydrogen) atoms. The molecule has 1 aliphatic carbocycles. The van der Waals surface area contributed by atoms with Gasteiger partial charge in [0.05, 0.1) is 12.4 Å². The van der Waals surface area contributed by atoms with E-state index >= 15 is 0 Å². The van der Waals surface area contributed by atoms with Gasteiger partial charge in [-0.15, -0.1) is 0 Å². The molecule has 0 aliphatic heterocycles. The van der Waals surface area contributed by atoms with Crippen LogP contribution in [0.15, 0.2) is 11.4 Å². The number of nitrogens with zero attached hydrogens (tertiary/aromatic N) is 2. The van der Waals surface area contributed by atoms with E-state index in [1.807, 2.05) is 0 Å². The third kappa shape index (κ3) is 5.09. The maximum absolute atomic E-state index is 12.1. The number of thioether (sulfide) groups is 1. The number of hydrogen-bond donors (Lipinski definition) is 2. The quantitative estimate of drug-likeness (QED) is 0.458. The summed E-state index contributed by atoms with van der Waals surface area (Å²) in [5.74, 6) is 0.225. The Morgan fingerprint density at radius 2 is 2.17 bits per heavy atom. The second kappa shape index (κ2) is 8.86. The van der Waals surface area contributed by atoms with Gasteiger partial charge < -0.3 is 15.8 Å². The first kappa shape index (κ1) is 18.5. The average Bonchev–Trinajstić information content (AvgIpc) is 2.55. The van der Waals surface area contributed by atoms with E-state index in [2.05, 4.69) is 22.2 Å². The Morgan fingerprint density at radius 1 is 1.42 bits per heavy atom. The normalized spacial score (nSPS) is 20.4. The lowest BCUT2D eigenvalue weighted by Crippen LogP contribution is -2.41. The van der Waals surface area contributed by atoms with Crippen LogP contribution >= 0.6 is 11.8 Å². The minimum Gasteiger partial charge on any atom is -0.462 e. The average molecular weight is 352 g/mol. The fourth-order valence-corrected chi connectivity index (χ4v) is 3.36. The van der Waals surface area contributed by atoms with E-state index in [0.29, 0.717) is 11.1 Å². The largest absolute Gasteiger partial charge is 0.462 e. The minimum absolute atomic E-state index is 0.0320. The molecule has 0 saturated heterocycles. The zero-order chi connectivity index (χ0) is 17.5. The number of hydrogen-bond acceptors (Lipinski definition) is 7. The monoisotopic (exact) mass is 352 g/mol. The first-order valence-corrected chi connectivity index (χ1v) is 9.21. The molecule has 0 bridgehead atoms. The van der Waals surface area contributed by atoms with Crippen LogP contribution < -0.4 is 11.1 Å². The number of ether oxygens (including phenoxy) is 1. The lowest BCUT2D eigenvalue weighted by Gasteiger charge is -2.29. The van der Waals surface area contributed by atoms with Crippen molar-refractivity contribution >= 4 is 29.5 Å². The molecule has 0 aromatic carbocycles. The van der Waals surface area contributed by atoms with Crippen molar-refractivity contribution in [1.82, 2.24) is 15.3 Å². The van der Waals surface area contributed by atoms with Gasteiger partial charge in [0, 0.05) is 12.2 Å². The van der Waals surface area contributed by atoms with Crippen molar-refractivity contribution in [3.63, 3.8) is 0 Å². The molecule has 1 aromatic rings. The van der Waals surface area contributed by atoms with Gasteiger partial charge in [-0.05, 0) is 25.7 Å². The number of nitrogen functional groups attached to an aromatic ring is 1. The Balaban J connectivity index is 1.86. The summed E-state index contributed by atoms with van der Waals surface area (Å²) in [7, 11) is 0. The van der Waals surface area contributed by atoms with Gasteiger partial charge in [-0.25, -0.2) is 14.8 Å². The van der Waals surface area contributed by atoms with Crippen LogP contribution in [0.1, 0.15) is 49.9 Å². The number of aromatic nitrogens is 2. The van der Waals surface area contributed by atoms with Crippen LogP contribution in [0.25, 0.3) is 0 Å². The van der Waals surface area contributed by atoms with Crippen molar-refractivity contribution in [3.8, 4) is 0 Å². The Bertz CT molecular complexity index is 597. The number of esters is 1. The number of carbonyl (C=O) groups is 2. The van der Waals surface area contributed by atoms with Gasteiger partial charge in [0.1, 0.15) is 11.4 Å². The van der Waals surface area contributed by atoms with E-state index in [4.69, 9.17) is 10.5 Å². The molecule has 2 atom stereocenters. The van der Waals surface area contributed by atoms with Crippen LogP contribution in [-0.4, -0.2) is 40.2 Å². The number of nitrogens with two attached hydrogens (primary N) is 1. The topological polar surface area (TPSA) is 107 Å². The summed E-state index contributed by atoms with van der Waals surface area (Å²) in [6, 6.07) is 0.254. The number of rotatable bonds is 6. The third-order valence-corrected chi connectivity index (χ3v) is 4.94. The van der Waals surface area contributed by atoms with Gasteiger partial charge in [0.25, 0.3) is 0 Å². The Kier molecular flexibility index (Phi) is 6.84. The first-order valence-electron chi connectivity index (χ1n) is 8.23. The fraction of sp³-hybridized carbons (Fsp3) is 0.625. The lowest BCUT2D eigenvalue weighted by atomic mass is 9.86. The van der Waals surface area contributed by atoms with Crippen LogP contribution in [0.2, 0.25) is 0 Å². The molecule has 132 valence electrons. The molecule has 1 saturated carbocycles. The molecule has 1 amide bonds. The van der Waals surface area contributed by atoms with E-state index in [9.17, 15) is 9.59 Å². The lowest BCUT2D eigenvalue weighted by molar-refractivity contribution is -0.119. The maximum atomic E-state index is 12.1. The molecule has 1 aromatic heterocycles. The Morgan fingerprint density at radius 3 is 2.83 bits per heavy atom. The summed E-state index contributed by atoms with van der Waals surface area (Å²) in [6.45, 7) is 4.15. The number of carbonyl (C=O) groups excluding carboxylic acids is 2. The highest BCUT2D eigenvalue weighted by molar-refractivity contribution is 7.99. The van der Waals surface area contributed by atoms with Crippen molar-refractivity contribution in [1.29, 1.82) is 0 Å². The van der Waals surface area contributed by atoms with Gasteiger partial charge in [-0.1, -0.05) is 31.5 Å². The molecule has 1 heterocycles. The zero-order valence-corrected chi connectivity index (χ0v) is 14.9. The third-order valence-electron chi connectivity index (χ3n) is 4.08. The standard InChI is InChI=1S/C16H24N4O3S/c1-3-23-15(22)11-8-18-16(20-14(11)17)24-9-13(21)19-12-7-5-4-6-10(12)2/h8,10,12H,3-7,9H2,1-2H3,(H,19,21)(H2,17,18,20). The molecule has 2 rings (SSSR count). The van der Waals surface area contributed by atoms with Crippen LogP contribution in [-0.2, 0) is 9.53 Å². The minimum atomic E-state index is -0.546. The zero-order valence-electron chi connectivity index (χ0n) is 14.1. The maximum Gasteiger partial charge on any atom is 0.343 e. The van der Waals surface area contributed by atoms with Crippen LogP contribution in [0, 0.1) is 5.92 Å². The van der Waals surface area contributed by atoms with Crippen LogP contribution in [0.5, 0.6) is 0 Å². The summed E-state index contributed by atoms with van der Waals surface area (Å²) < 4.78 is 4.87.